The summed E-state index contributed by atoms with van der Waals surface area (Å²) in [4.78, 5) is 11.7. The van der Waals surface area contributed by atoms with Crippen molar-refractivity contribution in [3.63, 3.8) is 0 Å². The highest BCUT2D eigenvalue weighted by atomic mass is 16.5. The van der Waals surface area contributed by atoms with Crippen LogP contribution in [0.3, 0.4) is 0 Å². The van der Waals surface area contributed by atoms with Crippen molar-refractivity contribution in [2.24, 2.45) is 5.73 Å². The van der Waals surface area contributed by atoms with E-state index in [2.05, 4.69) is 12.2 Å². The molecule has 0 radical (unpaired) electrons. The zero-order valence-corrected chi connectivity index (χ0v) is 13.3. The summed E-state index contributed by atoms with van der Waals surface area (Å²) in [6.07, 6.45) is 1.15. The number of nitrogens with one attached hydrogen (secondary N) is 1. The van der Waals surface area contributed by atoms with Gasteiger partial charge in [-0.1, -0.05) is 13.0 Å². The Bertz CT molecular complexity index is 463. The molecule has 0 aliphatic rings. The molecule has 1 aromatic carbocycles. The fraction of sp³-hybridized carbons (Fsp3) is 0.562. The zero-order valence-electron chi connectivity index (χ0n) is 13.3. The van der Waals surface area contributed by atoms with E-state index < -0.39 is 6.10 Å². The van der Waals surface area contributed by atoms with Gasteiger partial charge in [-0.3, -0.25) is 4.79 Å². The van der Waals surface area contributed by atoms with Crippen molar-refractivity contribution in [1.29, 1.82) is 0 Å². The number of carbonyl (C=O) groups excluding carboxylic acids is 1. The predicted octanol–water partition coefficient (Wildman–Crippen LogP) is 1.88. The molecular weight excluding hydrogens is 268 g/mol. The van der Waals surface area contributed by atoms with Gasteiger partial charge in [-0.25, -0.2) is 0 Å². The number of carbonyl (C=O) groups is 1. The molecule has 1 aromatic rings. The predicted molar refractivity (Wildman–Crippen MR) is 83.7 cm³/mol. The van der Waals surface area contributed by atoms with Crippen LogP contribution in [0.1, 0.15) is 32.8 Å². The Morgan fingerprint density at radius 3 is 2.62 bits per heavy atom. The van der Waals surface area contributed by atoms with E-state index in [0.29, 0.717) is 18.0 Å². The molecule has 3 N–H and O–H groups in total. The molecule has 1 amide bonds. The first-order chi connectivity index (χ1) is 10.0. The second kappa shape index (κ2) is 8.52. The van der Waals surface area contributed by atoms with Crippen LogP contribution < -0.4 is 20.5 Å². The zero-order chi connectivity index (χ0) is 15.8. The van der Waals surface area contributed by atoms with Gasteiger partial charge in [0.05, 0.1) is 7.11 Å². The van der Waals surface area contributed by atoms with Crippen LogP contribution in [0.2, 0.25) is 0 Å². The molecule has 118 valence electrons. The Morgan fingerprint density at radius 2 is 2.05 bits per heavy atom. The summed E-state index contributed by atoms with van der Waals surface area (Å²) in [5.74, 6) is 1.04. The summed E-state index contributed by atoms with van der Waals surface area (Å²) in [6.45, 7) is 6.23. The summed E-state index contributed by atoms with van der Waals surface area (Å²) in [5.41, 5.74) is 7.06. The van der Waals surface area contributed by atoms with Crippen LogP contribution in [0.15, 0.2) is 18.2 Å². The van der Waals surface area contributed by atoms with Gasteiger partial charge >= 0.3 is 0 Å². The second-order valence-electron chi connectivity index (χ2n) is 5.01. The maximum Gasteiger partial charge on any atom is 0.260 e. The highest BCUT2D eigenvalue weighted by molar-refractivity contribution is 5.80. The minimum absolute atomic E-state index is 0.135. The molecule has 0 saturated carbocycles. The lowest BCUT2D eigenvalue weighted by Crippen LogP contribution is -2.36. The van der Waals surface area contributed by atoms with Gasteiger partial charge in [0.25, 0.3) is 5.91 Å². The van der Waals surface area contributed by atoms with E-state index in [9.17, 15) is 4.79 Å². The lowest BCUT2D eigenvalue weighted by Gasteiger charge is -2.17. The van der Waals surface area contributed by atoms with Crippen LogP contribution in [0.4, 0.5) is 0 Å². The standard InChI is InChI=1S/C16H26N2O3/c1-5-13(17)9-12-7-8-14(15(10-12)20-4)21-11(3)16(19)18-6-2/h7-8,10-11,13H,5-6,9,17H2,1-4H3,(H,18,19). The Labute approximate surface area is 126 Å². The number of hydrogen-bond acceptors (Lipinski definition) is 4. The number of ether oxygens (including phenoxy) is 2. The van der Waals surface area contributed by atoms with E-state index in [-0.39, 0.29) is 11.9 Å². The van der Waals surface area contributed by atoms with Crippen LogP contribution in [-0.2, 0) is 11.2 Å². The molecule has 2 unspecified atom stereocenters. The molecule has 0 aromatic heterocycles. The molecule has 0 spiro atoms. The van der Waals surface area contributed by atoms with Crippen LogP contribution in [0, 0.1) is 0 Å². The first-order valence-electron chi connectivity index (χ1n) is 7.38. The molecule has 2 atom stereocenters. The van der Waals surface area contributed by atoms with E-state index in [1.165, 1.54) is 0 Å². The number of amides is 1. The molecule has 0 saturated heterocycles. The molecule has 0 fully saturated rings. The lowest BCUT2D eigenvalue weighted by atomic mass is 10.0. The van der Waals surface area contributed by atoms with Gasteiger partial charge in [-0.2, -0.15) is 0 Å². The molecule has 5 heteroatoms. The van der Waals surface area contributed by atoms with E-state index in [0.717, 1.165) is 18.4 Å². The topological polar surface area (TPSA) is 73.6 Å². The highest BCUT2D eigenvalue weighted by Gasteiger charge is 2.16. The van der Waals surface area contributed by atoms with E-state index in [1.807, 2.05) is 25.1 Å². The summed E-state index contributed by atoms with van der Waals surface area (Å²) in [6, 6.07) is 5.83. The molecule has 5 nitrogen and oxygen atoms in total. The summed E-state index contributed by atoms with van der Waals surface area (Å²) in [5, 5.41) is 2.73. The third kappa shape index (κ3) is 5.27. The van der Waals surface area contributed by atoms with Crippen molar-refractivity contribution >= 4 is 5.91 Å². The molecular formula is C16H26N2O3. The Balaban J connectivity index is 2.81. The van der Waals surface area contributed by atoms with E-state index in [4.69, 9.17) is 15.2 Å². The van der Waals surface area contributed by atoms with Crippen molar-refractivity contribution in [2.45, 2.75) is 45.8 Å². The first kappa shape index (κ1) is 17.3. The molecule has 0 bridgehead atoms. The molecule has 0 aliphatic heterocycles. The summed E-state index contributed by atoms with van der Waals surface area (Å²) < 4.78 is 11.0. The summed E-state index contributed by atoms with van der Waals surface area (Å²) in [7, 11) is 1.59. The lowest BCUT2D eigenvalue weighted by molar-refractivity contribution is -0.127. The van der Waals surface area contributed by atoms with Crippen molar-refractivity contribution < 1.29 is 14.3 Å². The minimum Gasteiger partial charge on any atom is -0.493 e. The second-order valence-corrected chi connectivity index (χ2v) is 5.01. The average molecular weight is 294 g/mol. The average Bonchev–Trinajstić information content (AvgIpc) is 2.48. The third-order valence-corrected chi connectivity index (χ3v) is 3.27. The molecule has 0 heterocycles. The first-order valence-corrected chi connectivity index (χ1v) is 7.38. The number of benzene rings is 1. The quantitative estimate of drug-likeness (QED) is 0.768. The van der Waals surface area contributed by atoms with Crippen molar-refractivity contribution in [3.8, 4) is 11.5 Å². The van der Waals surface area contributed by atoms with Crippen molar-refractivity contribution in [2.75, 3.05) is 13.7 Å². The number of likely N-dealkylation sites (N-methyl/N-ethyl adjacent to an activating group) is 1. The highest BCUT2D eigenvalue weighted by Crippen LogP contribution is 2.29. The SMILES string of the molecule is CCNC(=O)C(C)Oc1ccc(CC(N)CC)cc1OC. The van der Waals surface area contributed by atoms with Gasteiger partial charge in [0.1, 0.15) is 0 Å². The normalized spacial score (nSPS) is 13.4. The van der Waals surface area contributed by atoms with E-state index >= 15 is 0 Å². The maximum atomic E-state index is 11.7. The summed E-state index contributed by atoms with van der Waals surface area (Å²) >= 11 is 0. The van der Waals surface area contributed by atoms with Crippen LogP contribution in [-0.4, -0.2) is 31.7 Å². The smallest absolute Gasteiger partial charge is 0.260 e. The largest absolute Gasteiger partial charge is 0.493 e. The van der Waals surface area contributed by atoms with Crippen LogP contribution >= 0.6 is 0 Å². The minimum atomic E-state index is -0.567. The molecule has 1 rings (SSSR count). The van der Waals surface area contributed by atoms with Crippen molar-refractivity contribution in [1.82, 2.24) is 5.32 Å². The van der Waals surface area contributed by atoms with E-state index in [1.54, 1.807) is 14.0 Å². The number of nitrogens with two attached hydrogens (primary N) is 1. The van der Waals surface area contributed by atoms with Gasteiger partial charge in [0, 0.05) is 12.6 Å². The molecule has 21 heavy (non-hydrogen) atoms. The van der Waals surface area contributed by atoms with Gasteiger partial charge in [-0.15, -0.1) is 0 Å². The van der Waals surface area contributed by atoms with Gasteiger partial charge in [0.15, 0.2) is 17.6 Å². The fourth-order valence-corrected chi connectivity index (χ4v) is 1.95. The monoisotopic (exact) mass is 294 g/mol. The van der Waals surface area contributed by atoms with Gasteiger partial charge in [0.2, 0.25) is 0 Å². The van der Waals surface area contributed by atoms with Gasteiger partial charge < -0.3 is 20.5 Å². The van der Waals surface area contributed by atoms with Crippen molar-refractivity contribution in [3.05, 3.63) is 23.8 Å². The number of rotatable bonds is 8. The Hall–Kier alpha value is -1.75. The molecule has 0 aliphatic carbocycles. The number of methoxy groups -OCH3 is 1. The van der Waals surface area contributed by atoms with Crippen LogP contribution in [0.5, 0.6) is 11.5 Å². The Kier molecular flexibility index (Phi) is 7.02. The number of hydrogen-bond donors (Lipinski definition) is 2. The maximum absolute atomic E-state index is 11.7. The van der Waals surface area contributed by atoms with Crippen LogP contribution in [0.25, 0.3) is 0 Å². The fourth-order valence-electron chi connectivity index (χ4n) is 1.95. The Morgan fingerprint density at radius 1 is 1.33 bits per heavy atom. The van der Waals surface area contributed by atoms with Gasteiger partial charge in [-0.05, 0) is 44.4 Å². The third-order valence-electron chi connectivity index (χ3n) is 3.27.